The average molecular weight is 575 g/mol. The Morgan fingerprint density at radius 2 is 2.21 bits per heavy atom. The van der Waals surface area contributed by atoms with Crippen molar-refractivity contribution in [3.8, 4) is 22.8 Å². The maximum absolute atomic E-state index is 14.4. The first kappa shape index (κ1) is 22.7. The maximum atomic E-state index is 14.4. The summed E-state index contributed by atoms with van der Waals surface area (Å²) in [6.07, 6.45) is 6.43. The fraction of sp³-hybridized carbons (Fsp3) is 0.280. The van der Waals surface area contributed by atoms with Gasteiger partial charge in [0.1, 0.15) is 0 Å². The third kappa shape index (κ3) is 4.24. The van der Waals surface area contributed by atoms with Crippen molar-refractivity contribution in [2.45, 2.75) is 17.3 Å². The molecule has 0 saturated carbocycles. The van der Waals surface area contributed by atoms with Gasteiger partial charge in [-0.25, -0.2) is 0 Å². The van der Waals surface area contributed by atoms with Crippen LogP contribution >= 0.6 is 0 Å². The minimum absolute atomic E-state index is 0.0879. The summed E-state index contributed by atoms with van der Waals surface area (Å²) in [4.78, 5) is 20.9. The van der Waals surface area contributed by atoms with Gasteiger partial charge < -0.3 is 0 Å². The molecular weight excluding hydrogens is 550 g/mol. The number of ether oxygens (including phenoxy) is 2. The van der Waals surface area contributed by atoms with E-state index in [1.54, 1.807) is 24.5 Å². The molecule has 0 spiro atoms. The molecule has 3 aromatic rings. The predicted octanol–water partition coefficient (Wildman–Crippen LogP) is 1.57. The van der Waals surface area contributed by atoms with Gasteiger partial charge in [-0.1, -0.05) is 0 Å². The van der Waals surface area contributed by atoms with Gasteiger partial charge in [-0.2, -0.15) is 0 Å². The summed E-state index contributed by atoms with van der Waals surface area (Å²) in [6.45, 7) is 3.29. The van der Waals surface area contributed by atoms with Crippen molar-refractivity contribution >= 4 is 17.3 Å². The van der Waals surface area contributed by atoms with E-state index in [4.69, 9.17) is 9.47 Å². The van der Waals surface area contributed by atoms with E-state index in [0.29, 0.717) is 41.5 Å². The van der Waals surface area contributed by atoms with E-state index in [9.17, 15) is 9.18 Å². The quantitative estimate of drug-likeness (QED) is 0.251. The number of H-pyrrole nitrogens is 1. The summed E-state index contributed by atoms with van der Waals surface area (Å²) >= 11 is -0.271. The Morgan fingerprint density at radius 3 is 3.06 bits per heavy atom. The molecule has 0 unspecified atom stereocenters. The van der Waals surface area contributed by atoms with Gasteiger partial charge in [0, 0.05) is 0 Å². The molecule has 1 aromatic carbocycles. The molecular formula is C25H25FIN4O3-. The molecule has 4 heterocycles. The normalized spacial score (nSPS) is 19.4. The van der Waals surface area contributed by atoms with Crippen molar-refractivity contribution in [1.29, 1.82) is 0 Å². The summed E-state index contributed by atoms with van der Waals surface area (Å²) in [7, 11) is 1.42. The first-order chi connectivity index (χ1) is 16.6. The summed E-state index contributed by atoms with van der Waals surface area (Å²) in [6, 6.07) is 6.54. The van der Waals surface area contributed by atoms with E-state index in [-0.39, 0.29) is 36.8 Å². The third-order valence-electron chi connectivity index (χ3n) is 5.84. The number of amides is 1. The number of para-hydroxylation sites is 1. The molecule has 9 heteroatoms. The van der Waals surface area contributed by atoms with Crippen molar-refractivity contribution in [2.75, 3.05) is 30.0 Å². The molecule has 0 saturated heterocycles. The first-order valence-corrected chi connectivity index (χ1v) is 13.8. The number of nitrogens with one attached hydrogen (secondary N) is 3. The molecule has 5 rings (SSSR count). The van der Waals surface area contributed by atoms with Crippen LogP contribution in [0.2, 0.25) is 0 Å². The minimum atomic E-state index is -0.482. The molecule has 0 radical (unpaired) electrons. The second-order valence-corrected chi connectivity index (χ2v) is 11.3. The van der Waals surface area contributed by atoms with Crippen LogP contribution in [0.3, 0.4) is 0 Å². The molecule has 34 heavy (non-hydrogen) atoms. The number of hydrogen-bond acceptors (Lipinski definition) is 5. The number of carbonyl (C=O) groups is 1. The fourth-order valence-corrected chi connectivity index (χ4v) is 7.19. The van der Waals surface area contributed by atoms with E-state index in [0.717, 1.165) is 22.1 Å². The number of fused-ring (bicyclic) bond motifs is 3. The van der Waals surface area contributed by atoms with Gasteiger partial charge in [0.25, 0.3) is 0 Å². The SMILES string of the molecule is COc1c(F)cccc1Nc1c2[nH]c3c1C(=O)NC[C@H]3[I-]C/C(C)=C/CCOc1cnccc1-2. The molecule has 0 fully saturated rings. The summed E-state index contributed by atoms with van der Waals surface area (Å²) < 4.78 is 27.1. The van der Waals surface area contributed by atoms with Crippen LogP contribution < -0.4 is 41.3 Å². The van der Waals surface area contributed by atoms with Gasteiger partial charge in [0.15, 0.2) is 0 Å². The van der Waals surface area contributed by atoms with Gasteiger partial charge in [0.2, 0.25) is 0 Å². The topological polar surface area (TPSA) is 88.3 Å². The predicted molar refractivity (Wildman–Crippen MR) is 124 cm³/mol. The number of halogens is 2. The number of hydrogen-bond donors (Lipinski definition) is 3. The fourth-order valence-electron chi connectivity index (χ4n) is 4.22. The molecule has 2 bridgehead atoms. The Bertz CT molecular complexity index is 1270. The van der Waals surface area contributed by atoms with Crippen molar-refractivity contribution in [2.24, 2.45) is 0 Å². The third-order valence-corrected chi connectivity index (χ3v) is 9.61. The average Bonchev–Trinajstić information content (AvgIpc) is 3.21. The molecule has 2 aliphatic rings. The summed E-state index contributed by atoms with van der Waals surface area (Å²) in [5.74, 6) is 0.0627. The van der Waals surface area contributed by atoms with E-state index < -0.39 is 5.82 Å². The van der Waals surface area contributed by atoms with Gasteiger partial charge in [-0.3, -0.25) is 0 Å². The van der Waals surface area contributed by atoms with Crippen LogP contribution in [-0.2, 0) is 0 Å². The van der Waals surface area contributed by atoms with Crippen LogP contribution in [0.1, 0.15) is 33.3 Å². The van der Waals surface area contributed by atoms with Crippen LogP contribution in [0.15, 0.2) is 48.3 Å². The van der Waals surface area contributed by atoms with Crippen LogP contribution in [0.4, 0.5) is 15.8 Å². The monoisotopic (exact) mass is 575 g/mol. The van der Waals surface area contributed by atoms with E-state index in [1.165, 1.54) is 18.7 Å². The number of aromatic amines is 1. The second kappa shape index (κ2) is 9.65. The zero-order valence-electron chi connectivity index (χ0n) is 18.9. The van der Waals surface area contributed by atoms with Crippen molar-refractivity contribution < 1.29 is 39.9 Å². The van der Waals surface area contributed by atoms with E-state index in [1.807, 2.05) is 6.07 Å². The number of nitrogens with zero attached hydrogens (tertiary/aromatic N) is 1. The number of alkyl halides is 2. The Hall–Kier alpha value is -3.08. The number of allylic oxidation sites excluding steroid dienone is 1. The van der Waals surface area contributed by atoms with E-state index in [2.05, 4.69) is 33.6 Å². The van der Waals surface area contributed by atoms with E-state index >= 15 is 0 Å². The van der Waals surface area contributed by atoms with Gasteiger partial charge in [0.05, 0.1) is 0 Å². The van der Waals surface area contributed by atoms with Crippen molar-refractivity contribution in [3.63, 3.8) is 0 Å². The number of anilines is 2. The van der Waals surface area contributed by atoms with Crippen LogP contribution in [0, 0.1) is 5.82 Å². The number of rotatable bonds is 3. The number of carbonyl (C=O) groups excluding carboxylic acids is 1. The number of aromatic nitrogens is 2. The Balaban J connectivity index is 1.72. The zero-order valence-corrected chi connectivity index (χ0v) is 21.0. The van der Waals surface area contributed by atoms with Gasteiger partial charge in [-0.05, 0) is 0 Å². The Morgan fingerprint density at radius 1 is 1.32 bits per heavy atom. The van der Waals surface area contributed by atoms with Crippen molar-refractivity contribution in [3.05, 3.63) is 65.4 Å². The summed E-state index contributed by atoms with van der Waals surface area (Å²) in [5, 5.41) is 6.37. The second-order valence-electron chi connectivity index (χ2n) is 8.13. The summed E-state index contributed by atoms with van der Waals surface area (Å²) in [5.41, 5.74) is 5.32. The van der Waals surface area contributed by atoms with Gasteiger partial charge in [-0.15, -0.1) is 0 Å². The molecule has 7 nitrogen and oxygen atoms in total. The van der Waals surface area contributed by atoms with Crippen LogP contribution in [0.25, 0.3) is 11.3 Å². The Labute approximate surface area is 207 Å². The van der Waals surface area contributed by atoms with Crippen molar-refractivity contribution in [1.82, 2.24) is 15.3 Å². The number of pyridine rings is 1. The molecule has 1 atom stereocenters. The first-order valence-electron chi connectivity index (χ1n) is 11.0. The van der Waals surface area contributed by atoms with Crippen LogP contribution in [-0.4, -0.2) is 40.6 Å². The standard InChI is InChI=1S/C25H25FIN4O3/c1-14-5-4-10-34-19-13-28-9-8-15(19)21-23(30-18-7-3-6-16(26)24(18)33-2)20-22(31-21)17(27-11-14)12-29-25(20)32/h3,5-9,13,17,30-31H,4,10-12H2,1-2H3,(H,29,32)/q-1/b14-5+/t17-/m1/s1. The number of benzene rings is 1. The Kier molecular flexibility index (Phi) is 6.44. The molecule has 2 aliphatic heterocycles. The van der Waals surface area contributed by atoms with Crippen LogP contribution in [0.5, 0.6) is 11.5 Å². The molecule has 2 aromatic heterocycles. The number of methoxy groups -OCH3 is 1. The molecule has 3 N–H and O–H groups in total. The van der Waals surface area contributed by atoms with Gasteiger partial charge >= 0.3 is 208 Å². The molecule has 1 amide bonds. The molecule has 0 aliphatic carbocycles. The zero-order chi connectivity index (χ0) is 23.7. The molecule has 178 valence electrons.